The Labute approximate surface area is 158 Å². The number of nitrogens with zero attached hydrogens (tertiary/aromatic N) is 1. The number of ketones is 1. The summed E-state index contributed by atoms with van der Waals surface area (Å²) in [5.74, 6) is -0.668. The van der Waals surface area contributed by atoms with Gasteiger partial charge in [0.25, 0.3) is 0 Å². The van der Waals surface area contributed by atoms with Crippen molar-refractivity contribution in [2.75, 3.05) is 5.43 Å². The highest BCUT2D eigenvalue weighted by Gasteiger charge is 2.30. The van der Waals surface area contributed by atoms with Crippen LogP contribution in [0.3, 0.4) is 0 Å². The molecule has 0 aliphatic rings. The van der Waals surface area contributed by atoms with Crippen LogP contribution in [0.5, 0.6) is 0 Å². The molecule has 0 heterocycles. The van der Waals surface area contributed by atoms with Gasteiger partial charge in [0.15, 0.2) is 0 Å². The molecular formula is C21H18N2O3S. The monoisotopic (exact) mass is 378 g/mol. The van der Waals surface area contributed by atoms with E-state index < -0.39 is 20.7 Å². The first-order valence-corrected chi connectivity index (χ1v) is 9.77. The molecule has 0 aliphatic carbocycles. The van der Waals surface area contributed by atoms with E-state index in [1.165, 1.54) is 12.1 Å². The molecule has 0 aliphatic heterocycles. The predicted molar refractivity (Wildman–Crippen MR) is 107 cm³/mol. The lowest BCUT2D eigenvalue weighted by atomic mass is 10.1. The maximum atomic E-state index is 13.0. The van der Waals surface area contributed by atoms with E-state index in [-0.39, 0.29) is 10.5 Å². The van der Waals surface area contributed by atoms with Crippen LogP contribution in [0, 0.1) is 6.92 Å². The van der Waals surface area contributed by atoms with Crippen LogP contribution in [0.2, 0.25) is 0 Å². The normalized spacial score (nSPS) is 11.8. The van der Waals surface area contributed by atoms with Gasteiger partial charge in [-0.25, -0.2) is 8.42 Å². The Morgan fingerprint density at radius 2 is 1.37 bits per heavy atom. The predicted octanol–water partition coefficient (Wildman–Crippen LogP) is 4.08. The summed E-state index contributed by atoms with van der Waals surface area (Å²) in [7, 11) is -4.09. The highest BCUT2D eigenvalue weighted by Crippen LogP contribution is 2.17. The zero-order valence-corrected chi connectivity index (χ0v) is 15.5. The third-order valence-corrected chi connectivity index (χ3v) is 5.55. The zero-order valence-electron chi connectivity index (χ0n) is 14.7. The maximum absolute atomic E-state index is 13.0. The first-order valence-electron chi connectivity index (χ1n) is 8.29. The summed E-state index contributed by atoms with van der Waals surface area (Å²) >= 11 is 0. The van der Waals surface area contributed by atoms with Crippen LogP contribution in [0.1, 0.15) is 15.9 Å². The van der Waals surface area contributed by atoms with Crippen LogP contribution in [0.15, 0.2) is 94.9 Å². The van der Waals surface area contributed by atoms with Crippen LogP contribution < -0.4 is 5.43 Å². The fourth-order valence-corrected chi connectivity index (χ4v) is 3.67. The van der Waals surface area contributed by atoms with Gasteiger partial charge in [-0.2, -0.15) is 5.10 Å². The van der Waals surface area contributed by atoms with Crippen molar-refractivity contribution < 1.29 is 13.2 Å². The van der Waals surface area contributed by atoms with Crippen LogP contribution >= 0.6 is 0 Å². The van der Waals surface area contributed by atoms with Gasteiger partial charge in [-0.1, -0.05) is 66.2 Å². The van der Waals surface area contributed by atoms with Crippen molar-refractivity contribution in [2.45, 2.75) is 11.8 Å². The second kappa shape index (κ2) is 7.97. The lowest BCUT2D eigenvalue weighted by Gasteiger charge is -2.09. The maximum Gasteiger partial charge on any atom is 0.229 e. The number of benzene rings is 3. The van der Waals surface area contributed by atoms with Gasteiger partial charge in [-0.15, -0.1) is 0 Å². The number of nitrogens with one attached hydrogen (secondary N) is 1. The third kappa shape index (κ3) is 4.30. The van der Waals surface area contributed by atoms with E-state index in [1.807, 2.05) is 19.1 Å². The number of hydrogen-bond acceptors (Lipinski definition) is 5. The van der Waals surface area contributed by atoms with Crippen molar-refractivity contribution >= 4 is 26.4 Å². The average Bonchev–Trinajstić information content (AvgIpc) is 2.70. The van der Waals surface area contributed by atoms with Gasteiger partial charge in [-0.05, 0) is 31.2 Å². The van der Waals surface area contributed by atoms with Crippen molar-refractivity contribution in [3.63, 3.8) is 0 Å². The number of anilines is 1. The number of hydrogen-bond donors (Lipinski definition) is 1. The average molecular weight is 378 g/mol. The van der Waals surface area contributed by atoms with Gasteiger partial charge >= 0.3 is 0 Å². The molecule has 1 N–H and O–H groups in total. The molecule has 6 heteroatoms. The molecule has 5 nitrogen and oxygen atoms in total. The summed E-state index contributed by atoms with van der Waals surface area (Å²) in [5, 5.41) is 3.42. The lowest BCUT2D eigenvalue weighted by Crippen LogP contribution is -2.26. The molecule has 0 saturated carbocycles. The number of carbonyl (C=O) groups excluding carboxylic acids is 1. The molecule has 0 unspecified atom stereocenters. The van der Waals surface area contributed by atoms with Crippen molar-refractivity contribution in [1.29, 1.82) is 0 Å². The quantitative estimate of drug-likeness (QED) is 0.314. The molecule has 3 rings (SSSR count). The summed E-state index contributed by atoms with van der Waals surface area (Å²) < 4.78 is 26.1. The summed E-state index contributed by atoms with van der Waals surface area (Å²) in [6, 6.07) is 23.3. The van der Waals surface area contributed by atoms with Crippen LogP contribution in [-0.4, -0.2) is 19.2 Å². The van der Waals surface area contributed by atoms with Crippen molar-refractivity contribution in [3.8, 4) is 0 Å². The molecule has 0 bridgehead atoms. The first kappa shape index (κ1) is 18.5. The molecule has 27 heavy (non-hydrogen) atoms. The first-order chi connectivity index (χ1) is 13.0. The topological polar surface area (TPSA) is 75.6 Å². The Kier molecular flexibility index (Phi) is 5.47. The molecule has 3 aromatic carbocycles. The Bertz CT molecular complexity index is 1060. The Balaban J connectivity index is 2.04. The number of hydrazone groups is 1. The van der Waals surface area contributed by atoms with Crippen LogP contribution in [-0.2, 0) is 9.84 Å². The van der Waals surface area contributed by atoms with Gasteiger partial charge in [-0.3, -0.25) is 10.2 Å². The molecule has 0 spiro atoms. The van der Waals surface area contributed by atoms with Crippen molar-refractivity contribution in [2.24, 2.45) is 5.10 Å². The fraction of sp³-hybridized carbons (Fsp3) is 0.0476. The molecule has 0 amide bonds. The molecular weight excluding hydrogens is 360 g/mol. The zero-order chi connectivity index (χ0) is 19.3. The molecule has 3 aromatic rings. The number of sulfone groups is 1. The Morgan fingerprint density at radius 3 is 1.96 bits per heavy atom. The highest BCUT2D eigenvalue weighted by atomic mass is 32.2. The number of aryl methyl sites for hydroxylation is 1. The molecule has 136 valence electrons. The second-order valence-electron chi connectivity index (χ2n) is 5.91. The number of carbonyl (C=O) groups is 1. The number of Topliss-reactive ketones (excluding diaryl/α,β-unsaturated/α-hetero) is 1. The fourth-order valence-electron chi connectivity index (χ4n) is 2.40. The highest BCUT2D eigenvalue weighted by molar-refractivity contribution is 8.08. The van der Waals surface area contributed by atoms with E-state index >= 15 is 0 Å². The summed E-state index contributed by atoms with van der Waals surface area (Å²) in [6.45, 7) is 1.94. The lowest BCUT2D eigenvalue weighted by molar-refractivity contribution is 0.106. The Morgan fingerprint density at radius 1 is 0.815 bits per heavy atom. The summed E-state index contributed by atoms with van der Waals surface area (Å²) in [6.07, 6.45) is 0. The smallest absolute Gasteiger partial charge is 0.229 e. The number of rotatable bonds is 5. The molecule has 0 saturated heterocycles. The van der Waals surface area contributed by atoms with Crippen molar-refractivity contribution in [3.05, 3.63) is 96.1 Å². The van der Waals surface area contributed by atoms with Gasteiger partial charge < -0.3 is 0 Å². The minimum Gasteiger partial charge on any atom is -0.286 e. The SMILES string of the molecule is Cc1ccc(NN=C(C(=O)c2ccccc2)S(=O)(=O)c2ccccc2)cc1. The van der Waals surface area contributed by atoms with E-state index in [1.54, 1.807) is 60.7 Å². The molecule has 0 atom stereocenters. The second-order valence-corrected chi connectivity index (χ2v) is 7.77. The third-order valence-electron chi connectivity index (χ3n) is 3.88. The molecule has 0 radical (unpaired) electrons. The van der Waals surface area contributed by atoms with E-state index in [9.17, 15) is 13.2 Å². The minimum absolute atomic E-state index is 0.0127. The van der Waals surface area contributed by atoms with Gasteiger partial charge in [0, 0.05) is 5.56 Å². The van der Waals surface area contributed by atoms with Crippen LogP contribution in [0.25, 0.3) is 0 Å². The largest absolute Gasteiger partial charge is 0.286 e. The van der Waals surface area contributed by atoms with E-state index in [0.717, 1.165) is 5.56 Å². The minimum atomic E-state index is -4.09. The Hall–Kier alpha value is -3.25. The van der Waals surface area contributed by atoms with Gasteiger partial charge in [0.05, 0.1) is 10.6 Å². The summed E-state index contributed by atoms with van der Waals surface area (Å²) in [4.78, 5) is 12.9. The van der Waals surface area contributed by atoms with Crippen LogP contribution in [0.4, 0.5) is 5.69 Å². The van der Waals surface area contributed by atoms with E-state index in [2.05, 4.69) is 10.5 Å². The van der Waals surface area contributed by atoms with Gasteiger partial charge in [0.2, 0.25) is 20.7 Å². The van der Waals surface area contributed by atoms with E-state index in [0.29, 0.717) is 5.69 Å². The summed E-state index contributed by atoms with van der Waals surface area (Å²) in [5.41, 5.74) is 4.58. The molecule has 0 fully saturated rings. The van der Waals surface area contributed by atoms with E-state index in [4.69, 9.17) is 0 Å². The standard InChI is InChI=1S/C21H18N2O3S/c1-16-12-14-18(15-13-16)22-23-21(20(24)17-8-4-2-5-9-17)27(25,26)19-10-6-3-7-11-19/h2-15,22H,1H3. The van der Waals surface area contributed by atoms with Crippen molar-refractivity contribution in [1.82, 2.24) is 0 Å². The van der Waals surface area contributed by atoms with Gasteiger partial charge in [0.1, 0.15) is 0 Å². The molecule has 0 aromatic heterocycles.